The third-order valence-electron chi connectivity index (χ3n) is 3.27. The number of methoxy groups -OCH3 is 1. The highest BCUT2D eigenvalue weighted by Crippen LogP contribution is 2.20. The second kappa shape index (κ2) is 7.20. The summed E-state index contributed by atoms with van der Waals surface area (Å²) in [6.45, 7) is 2.85. The van der Waals surface area contributed by atoms with Gasteiger partial charge in [-0.25, -0.2) is 0 Å². The van der Waals surface area contributed by atoms with E-state index in [4.69, 9.17) is 4.74 Å². The maximum Gasteiger partial charge on any atom is 0.0664 e. The number of hydrogen-bond donors (Lipinski definition) is 2. The van der Waals surface area contributed by atoms with E-state index in [0.717, 1.165) is 32.2 Å². The predicted octanol–water partition coefficient (Wildman–Crippen LogP) is 1.69. The summed E-state index contributed by atoms with van der Waals surface area (Å²) >= 11 is 0. The minimum atomic E-state index is -0.171. The van der Waals surface area contributed by atoms with E-state index in [-0.39, 0.29) is 6.10 Å². The molecular formula is C12H25NO2. The van der Waals surface area contributed by atoms with Gasteiger partial charge in [-0.2, -0.15) is 0 Å². The first-order valence-corrected chi connectivity index (χ1v) is 6.20. The van der Waals surface area contributed by atoms with Gasteiger partial charge >= 0.3 is 0 Å². The quantitative estimate of drug-likeness (QED) is 0.708. The van der Waals surface area contributed by atoms with Gasteiger partial charge in [0.15, 0.2) is 0 Å². The van der Waals surface area contributed by atoms with Crippen LogP contribution in [0.2, 0.25) is 0 Å². The fraction of sp³-hybridized carbons (Fsp3) is 1.00. The molecule has 1 atom stereocenters. The Morgan fingerprint density at radius 3 is 2.53 bits per heavy atom. The van der Waals surface area contributed by atoms with Crippen molar-refractivity contribution in [3.63, 3.8) is 0 Å². The van der Waals surface area contributed by atoms with E-state index < -0.39 is 0 Å². The molecule has 1 aliphatic rings. The van der Waals surface area contributed by atoms with Crippen LogP contribution in [0, 0.1) is 0 Å². The monoisotopic (exact) mass is 215 g/mol. The lowest BCUT2D eigenvalue weighted by Crippen LogP contribution is -2.39. The first kappa shape index (κ1) is 12.9. The lowest BCUT2D eigenvalue weighted by Gasteiger charge is -2.29. The van der Waals surface area contributed by atoms with E-state index in [1.807, 2.05) is 0 Å². The Hall–Kier alpha value is -0.120. The summed E-state index contributed by atoms with van der Waals surface area (Å²) in [5.41, 5.74) is 0. The second-order valence-corrected chi connectivity index (χ2v) is 4.56. The van der Waals surface area contributed by atoms with Gasteiger partial charge in [-0.3, -0.25) is 0 Å². The molecule has 0 aromatic rings. The Bertz CT molecular complexity index is 156. The first-order valence-electron chi connectivity index (χ1n) is 6.20. The van der Waals surface area contributed by atoms with E-state index in [1.54, 1.807) is 7.11 Å². The molecule has 1 rings (SSSR count). The first-order chi connectivity index (χ1) is 7.26. The maximum absolute atomic E-state index is 9.59. The average molecular weight is 215 g/mol. The number of ether oxygens (including phenoxy) is 1. The number of hydrogen-bond acceptors (Lipinski definition) is 3. The highest BCUT2D eigenvalue weighted by Gasteiger charge is 2.20. The van der Waals surface area contributed by atoms with Crippen LogP contribution < -0.4 is 5.32 Å². The molecule has 0 heterocycles. The number of aliphatic hydroxyl groups excluding tert-OH is 1. The van der Waals surface area contributed by atoms with Gasteiger partial charge in [0.1, 0.15) is 0 Å². The molecule has 1 aliphatic carbocycles. The van der Waals surface area contributed by atoms with Crippen molar-refractivity contribution in [3.8, 4) is 0 Å². The summed E-state index contributed by atoms with van der Waals surface area (Å²) in [7, 11) is 1.80. The number of aliphatic hydroxyl groups is 1. The maximum atomic E-state index is 9.59. The standard InChI is InChI=1S/C12H25NO2/c1-3-4-11(14)9-13-10-5-7-12(15-2)8-6-10/h10-14H,3-9H2,1-2H3. The molecule has 0 radical (unpaired) electrons. The van der Waals surface area contributed by atoms with Crippen molar-refractivity contribution >= 4 is 0 Å². The highest BCUT2D eigenvalue weighted by atomic mass is 16.5. The van der Waals surface area contributed by atoms with E-state index in [0.29, 0.717) is 12.1 Å². The molecule has 0 saturated heterocycles. The van der Waals surface area contributed by atoms with Gasteiger partial charge < -0.3 is 15.2 Å². The molecular weight excluding hydrogens is 190 g/mol. The Morgan fingerprint density at radius 2 is 2.00 bits per heavy atom. The zero-order chi connectivity index (χ0) is 11.1. The Morgan fingerprint density at radius 1 is 1.33 bits per heavy atom. The molecule has 2 N–H and O–H groups in total. The molecule has 90 valence electrons. The Balaban J connectivity index is 2.08. The molecule has 0 aliphatic heterocycles. The van der Waals surface area contributed by atoms with Gasteiger partial charge in [0.25, 0.3) is 0 Å². The van der Waals surface area contributed by atoms with Crippen LogP contribution >= 0.6 is 0 Å². The topological polar surface area (TPSA) is 41.5 Å². The summed E-state index contributed by atoms with van der Waals surface area (Å²) in [5, 5.41) is 13.0. The van der Waals surface area contributed by atoms with Crippen molar-refractivity contribution in [1.29, 1.82) is 0 Å². The van der Waals surface area contributed by atoms with Crippen molar-refractivity contribution in [1.82, 2.24) is 5.32 Å². The van der Waals surface area contributed by atoms with Crippen molar-refractivity contribution in [3.05, 3.63) is 0 Å². The molecule has 0 aromatic carbocycles. The predicted molar refractivity (Wildman–Crippen MR) is 62.0 cm³/mol. The third kappa shape index (κ3) is 4.96. The molecule has 1 fully saturated rings. The smallest absolute Gasteiger partial charge is 0.0664 e. The summed E-state index contributed by atoms with van der Waals surface area (Å²) in [5.74, 6) is 0. The summed E-state index contributed by atoms with van der Waals surface area (Å²) < 4.78 is 5.33. The zero-order valence-electron chi connectivity index (χ0n) is 10.0. The van der Waals surface area contributed by atoms with Crippen molar-refractivity contribution in [2.45, 2.75) is 63.7 Å². The lowest BCUT2D eigenvalue weighted by atomic mass is 9.93. The van der Waals surface area contributed by atoms with Crippen LogP contribution in [-0.4, -0.2) is 37.0 Å². The van der Waals surface area contributed by atoms with E-state index >= 15 is 0 Å². The van der Waals surface area contributed by atoms with Gasteiger partial charge in [-0.05, 0) is 32.1 Å². The van der Waals surface area contributed by atoms with Crippen molar-refractivity contribution in [2.24, 2.45) is 0 Å². The van der Waals surface area contributed by atoms with Crippen LogP contribution in [0.3, 0.4) is 0 Å². The lowest BCUT2D eigenvalue weighted by molar-refractivity contribution is 0.0601. The zero-order valence-corrected chi connectivity index (χ0v) is 10.0. The molecule has 1 saturated carbocycles. The number of rotatable bonds is 6. The minimum absolute atomic E-state index is 0.171. The van der Waals surface area contributed by atoms with E-state index in [9.17, 15) is 5.11 Å². The molecule has 0 aromatic heterocycles. The molecule has 0 spiro atoms. The summed E-state index contributed by atoms with van der Waals surface area (Å²) in [4.78, 5) is 0. The van der Waals surface area contributed by atoms with Crippen molar-refractivity contribution < 1.29 is 9.84 Å². The molecule has 0 amide bonds. The molecule has 0 bridgehead atoms. The molecule has 3 nitrogen and oxygen atoms in total. The highest BCUT2D eigenvalue weighted by molar-refractivity contribution is 4.78. The number of nitrogens with one attached hydrogen (secondary N) is 1. The van der Waals surface area contributed by atoms with Gasteiger partial charge in [-0.1, -0.05) is 13.3 Å². The largest absolute Gasteiger partial charge is 0.392 e. The Kier molecular flexibility index (Phi) is 6.22. The average Bonchev–Trinajstić information content (AvgIpc) is 2.27. The minimum Gasteiger partial charge on any atom is -0.392 e. The normalized spacial score (nSPS) is 29.0. The van der Waals surface area contributed by atoms with Crippen LogP contribution in [0.1, 0.15) is 45.4 Å². The van der Waals surface area contributed by atoms with Gasteiger partial charge in [0.05, 0.1) is 12.2 Å². The summed E-state index contributed by atoms with van der Waals surface area (Å²) in [6, 6.07) is 0.586. The van der Waals surface area contributed by atoms with Crippen LogP contribution in [0.4, 0.5) is 0 Å². The van der Waals surface area contributed by atoms with Crippen LogP contribution in [0.15, 0.2) is 0 Å². The van der Waals surface area contributed by atoms with Gasteiger partial charge in [0.2, 0.25) is 0 Å². The van der Waals surface area contributed by atoms with E-state index in [1.165, 1.54) is 12.8 Å². The third-order valence-corrected chi connectivity index (χ3v) is 3.27. The molecule has 3 heteroatoms. The second-order valence-electron chi connectivity index (χ2n) is 4.56. The van der Waals surface area contributed by atoms with Gasteiger partial charge in [-0.15, -0.1) is 0 Å². The molecule has 1 unspecified atom stereocenters. The van der Waals surface area contributed by atoms with Crippen molar-refractivity contribution in [2.75, 3.05) is 13.7 Å². The Labute approximate surface area is 93.2 Å². The summed E-state index contributed by atoms with van der Waals surface area (Å²) in [6.07, 6.45) is 6.91. The SMILES string of the molecule is CCCC(O)CNC1CCC(OC)CC1. The van der Waals surface area contributed by atoms with Crippen LogP contribution in [0.25, 0.3) is 0 Å². The van der Waals surface area contributed by atoms with Crippen LogP contribution in [0.5, 0.6) is 0 Å². The van der Waals surface area contributed by atoms with Gasteiger partial charge in [0, 0.05) is 19.7 Å². The van der Waals surface area contributed by atoms with Crippen LogP contribution in [-0.2, 0) is 4.74 Å². The fourth-order valence-corrected chi connectivity index (χ4v) is 2.24. The van der Waals surface area contributed by atoms with E-state index in [2.05, 4.69) is 12.2 Å². The molecule has 15 heavy (non-hydrogen) atoms. The fourth-order valence-electron chi connectivity index (χ4n) is 2.24.